The van der Waals surface area contributed by atoms with Crippen molar-refractivity contribution in [3.8, 4) is 23.1 Å². The summed E-state index contributed by atoms with van der Waals surface area (Å²) in [5.74, 6) is 0.362. The van der Waals surface area contributed by atoms with Crippen molar-refractivity contribution in [1.82, 2.24) is 28.7 Å². The molecule has 24 heavy (non-hydrogen) atoms. The van der Waals surface area contributed by atoms with Crippen molar-refractivity contribution in [1.29, 1.82) is 0 Å². The van der Waals surface area contributed by atoms with Gasteiger partial charge in [-0.15, -0.1) is 0 Å². The second kappa shape index (κ2) is 5.01. The van der Waals surface area contributed by atoms with Gasteiger partial charge in [0.2, 0.25) is 5.82 Å². The van der Waals surface area contributed by atoms with E-state index in [4.69, 9.17) is 4.52 Å². The van der Waals surface area contributed by atoms with Crippen molar-refractivity contribution < 1.29 is 4.52 Å². The van der Waals surface area contributed by atoms with Crippen LogP contribution in [0, 0.1) is 0 Å². The van der Waals surface area contributed by atoms with Crippen LogP contribution in [0.4, 0.5) is 0 Å². The van der Waals surface area contributed by atoms with E-state index in [0.29, 0.717) is 5.69 Å². The van der Waals surface area contributed by atoms with E-state index >= 15 is 0 Å². The van der Waals surface area contributed by atoms with E-state index in [-0.39, 0.29) is 17.4 Å². The number of imidazole rings is 1. The lowest BCUT2D eigenvalue weighted by molar-refractivity contribution is 0.428. The average Bonchev–Trinajstić information content (AvgIpc) is 3.22. The maximum atomic E-state index is 12.0. The van der Waals surface area contributed by atoms with Crippen LogP contribution in [0.5, 0.6) is 0 Å². The molecule has 0 atom stereocenters. The molecule has 0 fully saturated rings. The van der Waals surface area contributed by atoms with Crippen LogP contribution < -0.4 is 11.2 Å². The van der Waals surface area contributed by atoms with E-state index in [2.05, 4.69) is 15.1 Å². The maximum Gasteiger partial charge on any atom is 0.331 e. The Morgan fingerprint density at radius 2 is 1.92 bits per heavy atom. The van der Waals surface area contributed by atoms with E-state index in [1.54, 1.807) is 6.20 Å². The first-order valence-corrected chi connectivity index (χ1v) is 7.10. The normalized spacial score (nSPS) is 11.2. The first kappa shape index (κ1) is 14.1. The summed E-state index contributed by atoms with van der Waals surface area (Å²) in [7, 11) is 2.94. The van der Waals surface area contributed by atoms with Gasteiger partial charge in [-0.25, -0.2) is 9.78 Å². The summed E-state index contributed by atoms with van der Waals surface area (Å²) in [6, 6.07) is 6.90. The summed E-state index contributed by atoms with van der Waals surface area (Å²) in [5, 5.41) is 3.89. The second-order valence-corrected chi connectivity index (χ2v) is 5.28. The van der Waals surface area contributed by atoms with Crippen LogP contribution in [0.25, 0.3) is 28.8 Å². The van der Waals surface area contributed by atoms with Crippen molar-refractivity contribution in [3.05, 3.63) is 57.5 Å². The number of aromatic nitrogens is 6. The minimum Gasteiger partial charge on any atom is -0.332 e. The highest BCUT2D eigenvalue weighted by Gasteiger charge is 2.17. The van der Waals surface area contributed by atoms with Gasteiger partial charge >= 0.3 is 5.69 Å². The van der Waals surface area contributed by atoms with Gasteiger partial charge in [-0.05, 0) is 12.1 Å². The van der Waals surface area contributed by atoms with E-state index in [1.807, 2.05) is 28.8 Å². The maximum absolute atomic E-state index is 12.0. The lowest BCUT2D eigenvalue weighted by atomic mass is 10.4. The summed E-state index contributed by atoms with van der Waals surface area (Å²) < 4.78 is 9.33. The molecule has 4 aromatic heterocycles. The Balaban J connectivity index is 1.84. The SMILES string of the molecule is Cn1c(-c2nc(-c3cn4ccccc4n3)no2)cc(=O)n(C)c1=O. The molecule has 0 unspecified atom stereocenters. The molecule has 0 radical (unpaired) electrons. The van der Waals surface area contributed by atoms with Crippen molar-refractivity contribution >= 4 is 5.65 Å². The summed E-state index contributed by atoms with van der Waals surface area (Å²) in [5.41, 5.74) is 0.626. The lowest BCUT2D eigenvalue weighted by Gasteiger charge is -2.04. The molecule has 4 heterocycles. The van der Waals surface area contributed by atoms with Crippen molar-refractivity contribution in [3.63, 3.8) is 0 Å². The van der Waals surface area contributed by atoms with Gasteiger partial charge in [0.05, 0.1) is 0 Å². The number of fused-ring (bicyclic) bond motifs is 1. The van der Waals surface area contributed by atoms with Gasteiger partial charge in [0.25, 0.3) is 11.4 Å². The molecule has 0 saturated heterocycles. The Morgan fingerprint density at radius 3 is 2.71 bits per heavy atom. The van der Waals surface area contributed by atoms with Gasteiger partial charge < -0.3 is 8.92 Å². The zero-order valence-electron chi connectivity index (χ0n) is 12.9. The first-order valence-electron chi connectivity index (χ1n) is 7.10. The van der Waals surface area contributed by atoms with Crippen LogP contribution in [-0.2, 0) is 14.1 Å². The minimum atomic E-state index is -0.468. The third kappa shape index (κ3) is 2.06. The molecule has 0 spiro atoms. The third-order valence-electron chi connectivity index (χ3n) is 3.76. The number of hydrogen-bond donors (Lipinski definition) is 0. The molecule has 4 rings (SSSR count). The third-order valence-corrected chi connectivity index (χ3v) is 3.76. The van der Waals surface area contributed by atoms with Crippen LogP contribution in [0.2, 0.25) is 0 Å². The molecule has 4 aromatic rings. The van der Waals surface area contributed by atoms with Gasteiger partial charge in [0, 0.05) is 32.6 Å². The molecule has 9 nitrogen and oxygen atoms in total. The van der Waals surface area contributed by atoms with Crippen LogP contribution in [0.1, 0.15) is 0 Å². The van der Waals surface area contributed by atoms with Crippen LogP contribution in [0.15, 0.2) is 50.8 Å². The predicted molar refractivity (Wildman–Crippen MR) is 84.4 cm³/mol. The average molecular weight is 324 g/mol. The van der Waals surface area contributed by atoms with Crippen LogP contribution in [0.3, 0.4) is 0 Å². The summed E-state index contributed by atoms with van der Waals surface area (Å²) in [4.78, 5) is 32.5. The quantitative estimate of drug-likeness (QED) is 0.531. The molecule has 0 amide bonds. The predicted octanol–water partition coefficient (Wildman–Crippen LogP) is 0.449. The van der Waals surface area contributed by atoms with Gasteiger partial charge in [0.1, 0.15) is 17.0 Å². The second-order valence-electron chi connectivity index (χ2n) is 5.28. The lowest BCUT2D eigenvalue weighted by Crippen LogP contribution is -2.37. The Bertz CT molecular complexity index is 1150. The topological polar surface area (TPSA) is 100 Å². The van der Waals surface area contributed by atoms with E-state index in [1.165, 1.54) is 24.7 Å². The zero-order valence-corrected chi connectivity index (χ0v) is 12.9. The molecule has 9 heteroatoms. The smallest absolute Gasteiger partial charge is 0.331 e. The fourth-order valence-electron chi connectivity index (χ4n) is 2.41. The fourth-order valence-corrected chi connectivity index (χ4v) is 2.41. The van der Waals surface area contributed by atoms with E-state index in [0.717, 1.165) is 10.2 Å². The Labute approximate surface area is 134 Å². The number of rotatable bonds is 2. The molecule has 0 aliphatic rings. The molecule has 0 aliphatic heterocycles. The van der Waals surface area contributed by atoms with Gasteiger partial charge in [-0.2, -0.15) is 4.98 Å². The van der Waals surface area contributed by atoms with Crippen LogP contribution >= 0.6 is 0 Å². The highest BCUT2D eigenvalue weighted by atomic mass is 16.5. The van der Waals surface area contributed by atoms with E-state index < -0.39 is 11.2 Å². The Kier molecular flexibility index (Phi) is 2.95. The summed E-state index contributed by atoms with van der Waals surface area (Å²) in [6.07, 6.45) is 3.63. The summed E-state index contributed by atoms with van der Waals surface area (Å²) in [6.45, 7) is 0. The number of pyridine rings is 1. The molecule has 120 valence electrons. The molecule has 0 aromatic carbocycles. The minimum absolute atomic E-state index is 0.0827. The van der Waals surface area contributed by atoms with Crippen molar-refractivity contribution in [2.24, 2.45) is 14.1 Å². The summed E-state index contributed by atoms with van der Waals surface area (Å²) >= 11 is 0. The molecular formula is C15H12N6O3. The molecular weight excluding hydrogens is 312 g/mol. The number of hydrogen-bond acceptors (Lipinski definition) is 6. The highest BCUT2D eigenvalue weighted by Crippen LogP contribution is 2.20. The monoisotopic (exact) mass is 324 g/mol. The number of nitrogens with zero attached hydrogens (tertiary/aromatic N) is 6. The van der Waals surface area contributed by atoms with Gasteiger partial charge in [0.15, 0.2) is 0 Å². The Hall–Kier alpha value is -3.49. The van der Waals surface area contributed by atoms with Gasteiger partial charge in [-0.3, -0.25) is 13.9 Å². The molecule has 0 N–H and O–H groups in total. The van der Waals surface area contributed by atoms with Gasteiger partial charge in [-0.1, -0.05) is 11.2 Å². The van der Waals surface area contributed by atoms with E-state index in [9.17, 15) is 9.59 Å². The molecule has 0 saturated carbocycles. The first-order chi connectivity index (χ1) is 11.5. The molecule has 0 aliphatic carbocycles. The zero-order chi connectivity index (χ0) is 16.8. The standard InChI is InChI=1S/C15H12N6O3/c1-19-10(7-12(22)20(2)15(19)23)14-17-13(18-24-14)9-8-21-6-4-3-5-11(21)16-9/h3-8H,1-2H3. The van der Waals surface area contributed by atoms with Crippen LogP contribution in [-0.4, -0.2) is 28.7 Å². The fraction of sp³-hybridized carbons (Fsp3) is 0.133. The largest absolute Gasteiger partial charge is 0.332 e. The Morgan fingerprint density at radius 1 is 1.08 bits per heavy atom. The molecule has 0 bridgehead atoms. The highest BCUT2D eigenvalue weighted by molar-refractivity contribution is 5.57. The van der Waals surface area contributed by atoms with Crippen molar-refractivity contribution in [2.45, 2.75) is 0 Å². The van der Waals surface area contributed by atoms with Crippen molar-refractivity contribution in [2.75, 3.05) is 0 Å².